The quantitative estimate of drug-likeness (QED) is 0.820. The molecule has 3 unspecified atom stereocenters. The lowest BCUT2D eigenvalue weighted by molar-refractivity contribution is -0.125. The van der Waals surface area contributed by atoms with E-state index in [1.54, 1.807) is 11.3 Å². The number of carbonyl (C=O) groups excluding carboxylic acids is 1. The first-order valence-electron chi connectivity index (χ1n) is 6.15. The Morgan fingerprint density at radius 3 is 2.71 bits per heavy atom. The summed E-state index contributed by atoms with van der Waals surface area (Å²) in [6.07, 6.45) is 2.02. The van der Waals surface area contributed by atoms with Crippen LogP contribution in [0.15, 0.2) is 17.5 Å². The van der Waals surface area contributed by atoms with Crippen LogP contribution in [0.1, 0.15) is 44.5 Å². The Bertz CT molecular complexity index is 335. The molecule has 96 valence electrons. The van der Waals surface area contributed by atoms with Gasteiger partial charge in [0.2, 0.25) is 5.91 Å². The van der Waals surface area contributed by atoms with Gasteiger partial charge in [0, 0.05) is 16.8 Å². The number of hydrogen-bond donors (Lipinski definition) is 2. The van der Waals surface area contributed by atoms with Crippen molar-refractivity contribution in [3.8, 4) is 0 Å². The van der Waals surface area contributed by atoms with Gasteiger partial charge in [-0.25, -0.2) is 0 Å². The first-order valence-corrected chi connectivity index (χ1v) is 7.03. The van der Waals surface area contributed by atoms with E-state index >= 15 is 0 Å². The van der Waals surface area contributed by atoms with Crippen LogP contribution < -0.4 is 11.1 Å². The van der Waals surface area contributed by atoms with E-state index in [1.807, 2.05) is 25.3 Å². The van der Waals surface area contributed by atoms with Crippen LogP contribution in [0.2, 0.25) is 0 Å². The zero-order chi connectivity index (χ0) is 12.8. The van der Waals surface area contributed by atoms with Crippen molar-refractivity contribution in [1.29, 1.82) is 0 Å². The standard InChI is InChI=1S/C13H22N2OS/c1-4-6-11(12-7-5-8-17-12)15-13(16)9(2)10(3)14/h5,7-11H,4,6,14H2,1-3H3,(H,15,16). The van der Waals surface area contributed by atoms with Gasteiger partial charge in [0.05, 0.1) is 6.04 Å². The van der Waals surface area contributed by atoms with Gasteiger partial charge in [0.15, 0.2) is 0 Å². The van der Waals surface area contributed by atoms with Crippen LogP contribution in [0.25, 0.3) is 0 Å². The number of hydrogen-bond acceptors (Lipinski definition) is 3. The van der Waals surface area contributed by atoms with Crippen molar-refractivity contribution in [2.45, 2.75) is 45.7 Å². The van der Waals surface area contributed by atoms with E-state index in [0.29, 0.717) is 0 Å². The number of rotatable bonds is 6. The van der Waals surface area contributed by atoms with Crippen molar-refractivity contribution in [2.24, 2.45) is 11.7 Å². The summed E-state index contributed by atoms with van der Waals surface area (Å²) < 4.78 is 0. The van der Waals surface area contributed by atoms with E-state index in [0.717, 1.165) is 12.8 Å². The van der Waals surface area contributed by atoms with Crippen molar-refractivity contribution >= 4 is 17.2 Å². The summed E-state index contributed by atoms with van der Waals surface area (Å²) in [4.78, 5) is 13.2. The van der Waals surface area contributed by atoms with Crippen LogP contribution in [-0.4, -0.2) is 11.9 Å². The normalized spacial score (nSPS) is 16.2. The molecule has 0 spiro atoms. The first-order chi connectivity index (χ1) is 8.06. The zero-order valence-corrected chi connectivity index (χ0v) is 11.6. The minimum absolute atomic E-state index is 0.0480. The van der Waals surface area contributed by atoms with Crippen molar-refractivity contribution < 1.29 is 4.79 Å². The van der Waals surface area contributed by atoms with Crippen LogP contribution in [0.3, 0.4) is 0 Å². The molecule has 3 nitrogen and oxygen atoms in total. The van der Waals surface area contributed by atoms with E-state index in [4.69, 9.17) is 5.73 Å². The molecule has 1 aromatic heterocycles. The Kier molecular flexibility index (Phi) is 5.65. The molecule has 0 aliphatic heterocycles. The fourth-order valence-electron chi connectivity index (χ4n) is 1.61. The van der Waals surface area contributed by atoms with Gasteiger partial charge in [-0.1, -0.05) is 26.3 Å². The molecular formula is C13H22N2OS. The number of amides is 1. The first kappa shape index (κ1) is 14.2. The second-order valence-corrected chi connectivity index (χ2v) is 5.49. The Balaban J connectivity index is 2.65. The van der Waals surface area contributed by atoms with Gasteiger partial charge in [-0.05, 0) is 24.8 Å². The maximum absolute atomic E-state index is 12.0. The SMILES string of the molecule is CCCC(NC(=O)C(C)C(C)N)c1cccs1. The average Bonchev–Trinajstić information content (AvgIpc) is 2.80. The van der Waals surface area contributed by atoms with E-state index < -0.39 is 0 Å². The number of nitrogens with two attached hydrogens (primary N) is 1. The fraction of sp³-hybridized carbons (Fsp3) is 0.615. The van der Waals surface area contributed by atoms with Gasteiger partial charge < -0.3 is 11.1 Å². The third kappa shape index (κ3) is 4.13. The largest absolute Gasteiger partial charge is 0.348 e. The molecule has 0 bridgehead atoms. The molecule has 1 rings (SSSR count). The Hall–Kier alpha value is -0.870. The highest BCUT2D eigenvalue weighted by Crippen LogP contribution is 2.23. The summed E-state index contributed by atoms with van der Waals surface area (Å²) in [6, 6.07) is 4.11. The maximum Gasteiger partial charge on any atom is 0.224 e. The summed E-state index contributed by atoms with van der Waals surface area (Å²) in [5.74, 6) is -0.0961. The van der Waals surface area contributed by atoms with E-state index in [-0.39, 0.29) is 23.9 Å². The van der Waals surface area contributed by atoms with Crippen LogP contribution >= 0.6 is 11.3 Å². The minimum Gasteiger partial charge on any atom is -0.348 e. The number of nitrogens with one attached hydrogen (secondary N) is 1. The molecule has 3 atom stereocenters. The summed E-state index contributed by atoms with van der Waals surface area (Å²) in [6.45, 7) is 5.86. The molecule has 0 saturated carbocycles. The van der Waals surface area contributed by atoms with Gasteiger partial charge in [0.25, 0.3) is 0 Å². The third-order valence-electron chi connectivity index (χ3n) is 2.98. The fourth-order valence-corrected chi connectivity index (χ4v) is 2.42. The molecule has 17 heavy (non-hydrogen) atoms. The molecule has 1 aromatic rings. The van der Waals surface area contributed by atoms with Crippen LogP contribution in [0.5, 0.6) is 0 Å². The van der Waals surface area contributed by atoms with Gasteiger partial charge in [0.1, 0.15) is 0 Å². The third-order valence-corrected chi connectivity index (χ3v) is 3.97. The van der Waals surface area contributed by atoms with Crippen molar-refractivity contribution in [1.82, 2.24) is 5.32 Å². The van der Waals surface area contributed by atoms with E-state index in [9.17, 15) is 4.79 Å². The van der Waals surface area contributed by atoms with Crippen molar-refractivity contribution in [3.05, 3.63) is 22.4 Å². The highest BCUT2D eigenvalue weighted by molar-refractivity contribution is 7.10. The Morgan fingerprint density at radius 2 is 2.24 bits per heavy atom. The number of carbonyl (C=O) groups is 1. The summed E-state index contributed by atoms with van der Waals surface area (Å²) in [5, 5.41) is 5.13. The summed E-state index contributed by atoms with van der Waals surface area (Å²) >= 11 is 1.69. The zero-order valence-electron chi connectivity index (χ0n) is 10.8. The molecule has 1 amide bonds. The monoisotopic (exact) mass is 254 g/mol. The van der Waals surface area contributed by atoms with Crippen molar-refractivity contribution in [3.63, 3.8) is 0 Å². The van der Waals surface area contributed by atoms with Crippen LogP contribution in [-0.2, 0) is 4.79 Å². The second kappa shape index (κ2) is 6.77. The van der Waals surface area contributed by atoms with Gasteiger partial charge in [-0.15, -0.1) is 11.3 Å². The van der Waals surface area contributed by atoms with Crippen LogP contribution in [0.4, 0.5) is 0 Å². The van der Waals surface area contributed by atoms with Gasteiger partial charge >= 0.3 is 0 Å². The number of thiophene rings is 1. The lowest BCUT2D eigenvalue weighted by atomic mass is 10.0. The molecule has 0 radical (unpaired) electrons. The highest BCUT2D eigenvalue weighted by Gasteiger charge is 2.21. The van der Waals surface area contributed by atoms with Crippen molar-refractivity contribution in [2.75, 3.05) is 0 Å². The maximum atomic E-state index is 12.0. The average molecular weight is 254 g/mol. The lowest BCUT2D eigenvalue weighted by Gasteiger charge is -2.21. The minimum atomic E-state index is -0.144. The predicted octanol–water partition coefficient (Wildman–Crippen LogP) is 2.69. The van der Waals surface area contributed by atoms with Gasteiger partial charge in [-0.2, -0.15) is 0 Å². The molecule has 0 aliphatic carbocycles. The molecule has 0 aliphatic rings. The molecule has 3 N–H and O–H groups in total. The molecule has 0 saturated heterocycles. The molecule has 1 heterocycles. The van der Waals surface area contributed by atoms with Crippen LogP contribution in [0, 0.1) is 5.92 Å². The summed E-state index contributed by atoms with van der Waals surface area (Å²) in [5.41, 5.74) is 5.75. The molecule has 0 fully saturated rings. The molecule has 4 heteroatoms. The lowest BCUT2D eigenvalue weighted by Crippen LogP contribution is -2.40. The van der Waals surface area contributed by atoms with E-state index in [2.05, 4.69) is 18.3 Å². The highest BCUT2D eigenvalue weighted by atomic mass is 32.1. The molecular weight excluding hydrogens is 232 g/mol. The summed E-state index contributed by atoms with van der Waals surface area (Å²) in [7, 11) is 0. The Morgan fingerprint density at radius 1 is 1.53 bits per heavy atom. The van der Waals surface area contributed by atoms with E-state index in [1.165, 1.54) is 4.88 Å². The van der Waals surface area contributed by atoms with Gasteiger partial charge in [-0.3, -0.25) is 4.79 Å². The molecule has 0 aromatic carbocycles. The topological polar surface area (TPSA) is 55.1 Å². The Labute approximate surface area is 107 Å². The predicted molar refractivity (Wildman–Crippen MR) is 72.9 cm³/mol. The smallest absolute Gasteiger partial charge is 0.224 e. The second-order valence-electron chi connectivity index (χ2n) is 4.51.